The number of H-pyrrole nitrogens is 1. The van der Waals surface area contributed by atoms with Crippen LogP contribution in [0, 0.1) is 6.92 Å². The van der Waals surface area contributed by atoms with Crippen LogP contribution in [0.1, 0.15) is 50.9 Å². The third kappa shape index (κ3) is 3.43. The Labute approximate surface area is 176 Å². The average Bonchev–Trinajstić information content (AvgIpc) is 3.48. The van der Waals surface area contributed by atoms with Crippen LogP contribution in [0.2, 0.25) is 0 Å². The van der Waals surface area contributed by atoms with Crippen molar-refractivity contribution in [3.8, 4) is 0 Å². The molecule has 3 aromatic rings. The van der Waals surface area contributed by atoms with Crippen molar-refractivity contribution >= 4 is 5.91 Å². The molecule has 1 saturated heterocycles. The summed E-state index contributed by atoms with van der Waals surface area (Å²) in [5, 5.41) is 12.2. The number of amides is 1. The molecule has 1 fully saturated rings. The van der Waals surface area contributed by atoms with Crippen molar-refractivity contribution in [2.45, 2.75) is 38.8 Å². The van der Waals surface area contributed by atoms with Crippen molar-refractivity contribution in [2.75, 3.05) is 19.6 Å². The minimum absolute atomic E-state index is 0.0817. The highest BCUT2D eigenvalue weighted by Gasteiger charge is 2.34. The van der Waals surface area contributed by atoms with E-state index in [9.17, 15) is 4.79 Å². The number of likely N-dealkylation sites (tertiary alicyclic amines) is 1. The second kappa shape index (κ2) is 7.72. The number of nitrogens with one attached hydrogen (secondary N) is 1. The maximum absolute atomic E-state index is 13.0. The first-order valence-electron chi connectivity index (χ1n) is 10.7. The van der Waals surface area contributed by atoms with E-state index in [1.54, 1.807) is 10.9 Å². The molecule has 2 aliphatic heterocycles. The van der Waals surface area contributed by atoms with Crippen LogP contribution in [0.25, 0.3) is 0 Å². The average molecular weight is 405 g/mol. The Hall–Kier alpha value is -2.93. The molecule has 0 radical (unpaired) electrons. The zero-order valence-corrected chi connectivity index (χ0v) is 17.6. The molecule has 2 aromatic heterocycles. The van der Waals surface area contributed by atoms with E-state index in [1.165, 1.54) is 16.8 Å². The minimum atomic E-state index is 0.0817. The maximum atomic E-state index is 13.0. The monoisotopic (exact) mass is 404 g/mol. The van der Waals surface area contributed by atoms with Crippen molar-refractivity contribution in [2.24, 2.45) is 7.05 Å². The van der Waals surface area contributed by atoms with E-state index in [4.69, 9.17) is 5.10 Å². The first kappa shape index (κ1) is 19.1. The predicted molar refractivity (Wildman–Crippen MR) is 114 cm³/mol. The van der Waals surface area contributed by atoms with Gasteiger partial charge in [0.25, 0.3) is 5.91 Å². The topological polar surface area (TPSA) is 70.1 Å². The first-order valence-corrected chi connectivity index (χ1v) is 10.7. The van der Waals surface area contributed by atoms with E-state index >= 15 is 0 Å². The largest absolute Gasteiger partial charge is 0.338 e. The predicted octanol–water partition coefficient (Wildman–Crippen LogP) is 2.64. The Morgan fingerprint density at radius 2 is 2.07 bits per heavy atom. The van der Waals surface area contributed by atoms with E-state index in [-0.39, 0.29) is 5.91 Å². The number of rotatable bonds is 4. The summed E-state index contributed by atoms with van der Waals surface area (Å²) in [5.41, 5.74) is 6.72. The molecule has 5 rings (SSSR count). The lowest BCUT2D eigenvalue weighted by Gasteiger charge is -2.27. The Kier molecular flexibility index (Phi) is 4.90. The minimum Gasteiger partial charge on any atom is -0.338 e. The quantitative estimate of drug-likeness (QED) is 0.726. The van der Waals surface area contributed by atoms with Gasteiger partial charge in [0.2, 0.25) is 0 Å². The van der Waals surface area contributed by atoms with E-state index < -0.39 is 0 Å². The van der Waals surface area contributed by atoms with Crippen LogP contribution in [0.3, 0.4) is 0 Å². The van der Waals surface area contributed by atoms with Crippen molar-refractivity contribution in [3.05, 3.63) is 70.3 Å². The van der Waals surface area contributed by atoms with Gasteiger partial charge in [0.05, 0.1) is 17.5 Å². The van der Waals surface area contributed by atoms with E-state index in [0.29, 0.717) is 11.5 Å². The van der Waals surface area contributed by atoms with Crippen LogP contribution < -0.4 is 0 Å². The molecule has 1 unspecified atom stereocenters. The highest BCUT2D eigenvalue weighted by atomic mass is 16.2. The van der Waals surface area contributed by atoms with Crippen LogP contribution in [-0.4, -0.2) is 55.3 Å². The maximum Gasteiger partial charge on any atom is 0.257 e. The molecule has 0 spiro atoms. The molecule has 2 aliphatic rings. The van der Waals surface area contributed by atoms with Crippen LogP contribution in [-0.2, 0) is 26.6 Å². The van der Waals surface area contributed by atoms with Crippen molar-refractivity contribution in [1.82, 2.24) is 29.8 Å². The summed E-state index contributed by atoms with van der Waals surface area (Å²) in [5.74, 6) is 0.376. The molecule has 1 atom stereocenters. The Balaban J connectivity index is 1.29. The summed E-state index contributed by atoms with van der Waals surface area (Å²) in [6.45, 7) is 6.36. The van der Waals surface area contributed by atoms with Crippen molar-refractivity contribution < 1.29 is 4.79 Å². The second-order valence-corrected chi connectivity index (χ2v) is 8.52. The fraction of sp³-hybridized carbons (Fsp3) is 0.435. The highest BCUT2D eigenvalue weighted by Crippen LogP contribution is 2.33. The highest BCUT2D eigenvalue weighted by molar-refractivity contribution is 5.95. The smallest absolute Gasteiger partial charge is 0.257 e. The zero-order chi connectivity index (χ0) is 20.7. The van der Waals surface area contributed by atoms with E-state index in [1.807, 2.05) is 18.9 Å². The van der Waals surface area contributed by atoms with Gasteiger partial charge in [-0.15, -0.1) is 0 Å². The molecular weight excluding hydrogens is 376 g/mol. The van der Waals surface area contributed by atoms with Gasteiger partial charge < -0.3 is 4.90 Å². The van der Waals surface area contributed by atoms with Crippen LogP contribution in [0.4, 0.5) is 0 Å². The van der Waals surface area contributed by atoms with E-state index in [2.05, 4.69) is 45.4 Å². The molecule has 1 N–H and O–H groups in total. The van der Waals surface area contributed by atoms with Gasteiger partial charge in [-0.2, -0.15) is 10.2 Å². The van der Waals surface area contributed by atoms with Crippen LogP contribution in [0.15, 0.2) is 36.5 Å². The van der Waals surface area contributed by atoms with Crippen molar-refractivity contribution in [3.63, 3.8) is 0 Å². The summed E-state index contributed by atoms with van der Waals surface area (Å²) in [6, 6.07) is 10.6. The summed E-state index contributed by atoms with van der Waals surface area (Å²) in [4.78, 5) is 17.4. The standard InChI is InChI=1S/C23H28N6O/c1-16-19(12-24-27(16)2)23(30)29-11-8-18(14-29)22-20-15-28(10-9-21(20)25-26-22)13-17-6-4-3-5-7-17/h3-7,12,18H,8-11,13-15H2,1-2H3,(H,25,26). The summed E-state index contributed by atoms with van der Waals surface area (Å²) in [7, 11) is 1.87. The van der Waals surface area contributed by atoms with Gasteiger partial charge in [0.15, 0.2) is 0 Å². The Bertz CT molecular complexity index is 1050. The molecule has 7 heteroatoms. The van der Waals surface area contributed by atoms with Gasteiger partial charge in [0, 0.05) is 69.1 Å². The lowest BCUT2D eigenvalue weighted by Crippen LogP contribution is -2.31. The van der Waals surface area contributed by atoms with Gasteiger partial charge in [-0.3, -0.25) is 19.5 Å². The van der Waals surface area contributed by atoms with Gasteiger partial charge in [-0.25, -0.2) is 0 Å². The van der Waals surface area contributed by atoms with Gasteiger partial charge in [-0.1, -0.05) is 30.3 Å². The van der Waals surface area contributed by atoms with Crippen molar-refractivity contribution in [1.29, 1.82) is 0 Å². The fourth-order valence-electron chi connectivity index (χ4n) is 4.73. The fourth-order valence-corrected chi connectivity index (χ4v) is 4.73. The number of hydrogen-bond donors (Lipinski definition) is 1. The number of carbonyl (C=O) groups excluding carboxylic acids is 1. The SMILES string of the molecule is Cc1c(C(=O)N2CCC(c3n[nH]c4c3CN(Cc3ccccc3)CC4)C2)cnn1C. The zero-order valence-electron chi connectivity index (χ0n) is 17.6. The molecule has 0 bridgehead atoms. The Morgan fingerprint density at radius 1 is 1.23 bits per heavy atom. The number of aryl methyl sites for hydroxylation is 1. The summed E-state index contributed by atoms with van der Waals surface area (Å²) in [6.07, 6.45) is 3.64. The van der Waals surface area contributed by atoms with Gasteiger partial charge >= 0.3 is 0 Å². The number of benzene rings is 1. The summed E-state index contributed by atoms with van der Waals surface area (Å²) >= 11 is 0. The number of carbonyl (C=O) groups is 1. The molecule has 30 heavy (non-hydrogen) atoms. The molecule has 0 aliphatic carbocycles. The van der Waals surface area contributed by atoms with E-state index in [0.717, 1.165) is 57.0 Å². The number of fused-ring (bicyclic) bond motifs is 1. The Morgan fingerprint density at radius 3 is 2.83 bits per heavy atom. The van der Waals surface area contributed by atoms with Gasteiger partial charge in [-0.05, 0) is 18.9 Å². The third-order valence-corrected chi connectivity index (χ3v) is 6.62. The molecule has 7 nitrogen and oxygen atoms in total. The number of aromatic amines is 1. The number of nitrogens with zero attached hydrogens (tertiary/aromatic N) is 5. The lowest BCUT2D eigenvalue weighted by atomic mass is 9.96. The number of hydrogen-bond acceptors (Lipinski definition) is 4. The molecule has 0 saturated carbocycles. The molecule has 156 valence electrons. The molecule has 1 aromatic carbocycles. The van der Waals surface area contributed by atoms with Crippen LogP contribution in [0.5, 0.6) is 0 Å². The molecule has 1 amide bonds. The normalized spacial score (nSPS) is 19.3. The second-order valence-electron chi connectivity index (χ2n) is 8.52. The molecule has 4 heterocycles. The van der Waals surface area contributed by atoms with Crippen LogP contribution >= 0.6 is 0 Å². The lowest BCUT2D eigenvalue weighted by molar-refractivity contribution is 0.0789. The molecular formula is C23H28N6O. The third-order valence-electron chi connectivity index (χ3n) is 6.62. The number of aromatic nitrogens is 4. The first-order chi connectivity index (χ1) is 14.6. The van der Waals surface area contributed by atoms with Gasteiger partial charge in [0.1, 0.15) is 0 Å². The summed E-state index contributed by atoms with van der Waals surface area (Å²) < 4.78 is 1.76.